The second kappa shape index (κ2) is 5.19. The van der Waals surface area contributed by atoms with Crippen LogP contribution in [-0.4, -0.2) is 11.6 Å². The Hall–Kier alpha value is -1.78. The van der Waals surface area contributed by atoms with Crippen LogP contribution in [0.5, 0.6) is 5.75 Å². The molecule has 0 fully saturated rings. The first-order valence-electron chi connectivity index (χ1n) is 4.36. The highest BCUT2D eigenvalue weighted by molar-refractivity contribution is 6.30. The van der Waals surface area contributed by atoms with E-state index in [9.17, 15) is 0 Å². The molecule has 1 rings (SSSR count). The zero-order chi connectivity index (χ0) is 11.3. The molecule has 0 aliphatic rings. The Morgan fingerprint density at radius 1 is 1.47 bits per heavy atom. The van der Waals surface area contributed by atoms with Gasteiger partial charge in [-0.2, -0.15) is 10.5 Å². The largest absolute Gasteiger partial charge is 0.491 e. The first-order chi connectivity index (χ1) is 7.24. The van der Waals surface area contributed by atoms with Crippen LogP contribution in [0.25, 0.3) is 0 Å². The standard InChI is InChI=1S/C10H8ClN3O/c1-2-3-15-9-7(4-12)6-14-10(11)8(9)5-13/h6H,2-3H2,1H3. The van der Waals surface area contributed by atoms with E-state index >= 15 is 0 Å². The third-order valence-corrected chi connectivity index (χ3v) is 1.95. The highest BCUT2D eigenvalue weighted by Gasteiger charge is 2.14. The zero-order valence-corrected chi connectivity index (χ0v) is 8.88. The van der Waals surface area contributed by atoms with Crippen molar-refractivity contribution in [3.63, 3.8) is 0 Å². The molecule has 0 saturated carbocycles. The van der Waals surface area contributed by atoms with Gasteiger partial charge >= 0.3 is 0 Å². The Bertz CT molecular complexity index is 445. The molecule has 0 atom stereocenters. The third kappa shape index (κ3) is 2.37. The predicted molar refractivity (Wildman–Crippen MR) is 54.5 cm³/mol. The minimum Gasteiger partial charge on any atom is -0.491 e. The van der Waals surface area contributed by atoms with Gasteiger partial charge in [-0.1, -0.05) is 18.5 Å². The lowest BCUT2D eigenvalue weighted by molar-refractivity contribution is 0.315. The van der Waals surface area contributed by atoms with E-state index in [-0.39, 0.29) is 22.0 Å². The van der Waals surface area contributed by atoms with Crippen LogP contribution < -0.4 is 4.74 Å². The van der Waals surface area contributed by atoms with Gasteiger partial charge in [0.1, 0.15) is 23.3 Å². The first-order valence-corrected chi connectivity index (χ1v) is 4.73. The van der Waals surface area contributed by atoms with Gasteiger partial charge in [0.05, 0.1) is 12.8 Å². The highest BCUT2D eigenvalue weighted by Crippen LogP contribution is 2.27. The van der Waals surface area contributed by atoms with E-state index in [1.54, 1.807) is 0 Å². The number of hydrogen-bond donors (Lipinski definition) is 0. The number of hydrogen-bond acceptors (Lipinski definition) is 4. The van der Waals surface area contributed by atoms with E-state index in [2.05, 4.69) is 4.98 Å². The summed E-state index contributed by atoms with van der Waals surface area (Å²) in [7, 11) is 0. The molecule has 0 aliphatic heterocycles. The van der Waals surface area contributed by atoms with E-state index in [1.807, 2.05) is 19.1 Å². The molecule has 0 radical (unpaired) electrons. The lowest BCUT2D eigenvalue weighted by Crippen LogP contribution is -2.01. The van der Waals surface area contributed by atoms with Crippen LogP contribution in [0.2, 0.25) is 5.15 Å². The molecule has 1 heterocycles. The molecule has 0 spiro atoms. The lowest BCUT2D eigenvalue weighted by atomic mass is 10.2. The normalized spacial score (nSPS) is 9.07. The average Bonchev–Trinajstić information content (AvgIpc) is 2.26. The fourth-order valence-electron chi connectivity index (χ4n) is 1.00. The number of rotatable bonds is 3. The van der Waals surface area contributed by atoms with Crippen LogP contribution >= 0.6 is 11.6 Å². The van der Waals surface area contributed by atoms with Gasteiger partial charge in [-0.25, -0.2) is 4.98 Å². The molecule has 1 aromatic heterocycles. The maximum Gasteiger partial charge on any atom is 0.159 e. The van der Waals surface area contributed by atoms with Crippen LogP contribution in [0.4, 0.5) is 0 Å². The van der Waals surface area contributed by atoms with Crippen LogP contribution in [-0.2, 0) is 0 Å². The van der Waals surface area contributed by atoms with Crippen molar-refractivity contribution in [1.29, 1.82) is 10.5 Å². The Kier molecular flexibility index (Phi) is 3.91. The zero-order valence-electron chi connectivity index (χ0n) is 8.12. The molecule has 0 bridgehead atoms. The predicted octanol–water partition coefficient (Wildman–Crippen LogP) is 2.27. The maximum absolute atomic E-state index is 8.85. The number of ether oxygens (including phenoxy) is 1. The Morgan fingerprint density at radius 3 is 2.73 bits per heavy atom. The van der Waals surface area contributed by atoms with Crippen molar-refractivity contribution in [3.8, 4) is 17.9 Å². The summed E-state index contributed by atoms with van der Waals surface area (Å²) in [6.45, 7) is 2.37. The van der Waals surface area contributed by atoms with E-state index < -0.39 is 0 Å². The van der Waals surface area contributed by atoms with Crippen molar-refractivity contribution in [2.45, 2.75) is 13.3 Å². The lowest BCUT2D eigenvalue weighted by Gasteiger charge is -2.08. The monoisotopic (exact) mass is 221 g/mol. The summed E-state index contributed by atoms with van der Waals surface area (Å²) in [4.78, 5) is 3.73. The van der Waals surface area contributed by atoms with Crippen molar-refractivity contribution in [3.05, 3.63) is 22.5 Å². The minimum absolute atomic E-state index is 0.0580. The molecule has 0 aromatic carbocycles. The molecule has 15 heavy (non-hydrogen) atoms. The summed E-state index contributed by atoms with van der Waals surface area (Å²) < 4.78 is 5.31. The summed E-state index contributed by atoms with van der Waals surface area (Å²) in [5.74, 6) is 0.224. The molecule has 0 N–H and O–H groups in total. The third-order valence-electron chi connectivity index (χ3n) is 1.67. The average molecular weight is 222 g/mol. The Labute approximate surface area is 92.7 Å². The smallest absolute Gasteiger partial charge is 0.159 e. The van der Waals surface area contributed by atoms with Gasteiger partial charge in [-0.05, 0) is 6.42 Å². The fraction of sp³-hybridized carbons (Fsp3) is 0.300. The molecular formula is C10H8ClN3O. The van der Waals surface area contributed by atoms with Gasteiger partial charge in [0, 0.05) is 0 Å². The van der Waals surface area contributed by atoms with Crippen LogP contribution in [0, 0.1) is 22.7 Å². The molecule has 5 heteroatoms. The van der Waals surface area contributed by atoms with Crippen LogP contribution in [0.1, 0.15) is 24.5 Å². The molecule has 76 valence electrons. The van der Waals surface area contributed by atoms with Crippen molar-refractivity contribution in [1.82, 2.24) is 4.98 Å². The molecule has 1 aromatic rings. The van der Waals surface area contributed by atoms with Gasteiger partial charge in [-0.15, -0.1) is 0 Å². The van der Waals surface area contributed by atoms with Crippen LogP contribution in [0.3, 0.4) is 0 Å². The summed E-state index contributed by atoms with van der Waals surface area (Å²) in [6, 6.07) is 3.79. The second-order valence-corrected chi connectivity index (χ2v) is 3.10. The van der Waals surface area contributed by atoms with Crippen molar-refractivity contribution in [2.75, 3.05) is 6.61 Å². The van der Waals surface area contributed by atoms with Gasteiger partial charge < -0.3 is 4.74 Å². The molecule has 0 saturated heterocycles. The number of pyridine rings is 1. The van der Waals surface area contributed by atoms with E-state index in [0.29, 0.717) is 6.61 Å². The number of nitrogens with zero attached hydrogens (tertiary/aromatic N) is 3. The van der Waals surface area contributed by atoms with Crippen molar-refractivity contribution >= 4 is 11.6 Å². The SMILES string of the molecule is CCCOc1c(C#N)cnc(Cl)c1C#N. The fourth-order valence-corrected chi connectivity index (χ4v) is 1.18. The van der Waals surface area contributed by atoms with Gasteiger partial charge in [0.15, 0.2) is 10.9 Å². The summed E-state index contributed by atoms with van der Waals surface area (Å²) in [5.41, 5.74) is 0.341. The van der Waals surface area contributed by atoms with E-state index in [0.717, 1.165) is 6.42 Å². The van der Waals surface area contributed by atoms with Gasteiger partial charge in [0.25, 0.3) is 0 Å². The van der Waals surface area contributed by atoms with Crippen LogP contribution in [0.15, 0.2) is 6.20 Å². The summed E-state index contributed by atoms with van der Waals surface area (Å²) in [6.07, 6.45) is 2.09. The van der Waals surface area contributed by atoms with Crippen molar-refractivity contribution < 1.29 is 4.74 Å². The second-order valence-electron chi connectivity index (χ2n) is 2.74. The quantitative estimate of drug-likeness (QED) is 0.734. The van der Waals surface area contributed by atoms with Gasteiger partial charge in [0.2, 0.25) is 0 Å². The highest BCUT2D eigenvalue weighted by atomic mass is 35.5. The molecule has 0 aliphatic carbocycles. The number of nitriles is 2. The number of halogens is 1. The number of aromatic nitrogens is 1. The minimum atomic E-state index is 0.0580. The Balaban J connectivity index is 3.24. The molecule has 0 amide bonds. The maximum atomic E-state index is 8.85. The van der Waals surface area contributed by atoms with E-state index in [4.69, 9.17) is 26.9 Å². The summed E-state index contributed by atoms with van der Waals surface area (Å²) in [5, 5.41) is 17.7. The van der Waals surface area contributed by atoms with Gasteiger partial charge in [-0.3, -0.25) is 0 Å². The topological polar surface area (TPSA) is 69.7 Å². The Morgan fingerprint density at radius 2 is 2.20 bits per heavy atom. The summed E-state index contributed by atoms with van der Waals surface area (Å²) >= 11 is 5.71. The van der Waals surface area contributed by atoms with E-state index in [1.165, 1.54) is 6.20 Å². The van der Waals surface area contributed by atoms with Crippen molar-refractivity contribution in [2.24, 2.45) is 0 Å². The first kappa shape index (κ1) is 11.3. The molecular weight excluding hydrogens is 214 g/mol. The molecule has 4 nitrogen and oxygen atoms in total. The molecule has 0 unspecified atom stereocenters.